The van der Waals surface area contributed by atoms with E-state index < -0.39 is 0 Å². The summed E-state index contributed by atoms with van der Waals surface area (Å²) >= 11 is 0. The van der Waals surface area contributed by atoms with Gasteiger partial charge in [0.1, 0.15) is 0 Å². The number of hydrogen-bond acceptors (Lipinski definition) is 1. The summed E-state index contributed by atoms with van der Waals surface area (Å²) < 4.78 is 5.64. The van der Waals surface area contributed by atoms with Crippen LogP contribution in [0.4, 0.5) is 0 Å². The third-order valence-corrected chi connectivity index (χ3v) is 9.69. The molecule has 26 heavy (non-hydrogen) atoms. The van der Waals surface area contributed by atoms with E-state index in [2.05, 4.69) is 65.8 Å². The normalized spacial score (nSPS) is 11.9. The third kappa shape index (κ3) is 3.94. The molecule has 1 heterocycles. The van der Waals surface area contributed by atoms with Crippen molar-refractivity contribution in [1.82, 2.24) is 0 Å². The smallest absolute Gasteiger partial charge is 0.377 e. The molecule has 1 aromatic heterocycles. The predicted octanol–water partition coefficient (Wildman–Crippen LogP) is 4.76. The van der Waals surface area contributed by atoms with Crippen molar-refractivity contribution in [3.63, 3.8) is 0 Å². The first-order chi connectivity index (χ1) is 11.8. The Morgan fingerprint density at radius 1 is 0.846 bits per heavy atom. The number of methoxy groups -OCH3 is 1. The van der Waals surface area contributed by atoms with Crippen molar-refractivity contribution in [2.24, 2.45) is 0 Å². The van der Waals surface area contributed by atoms with Gasteiger partial charge in [-0.25, -0.2) is 0 Å². The second kappa shape index (κ2) is 8.57. The SMILES string of the molecule is COCp1c(-c2c(C)cc(C)cc2C)p[c-]1-c1c(C)cc(C)cc1C.[Li+]. The summed E-state index contributed by atoms with van der Waals surface area (Å²) in [6, 6.07) is 9.24. The molecule has 0 fully saturated rings. The van der Waals surface area contributed by atoms with Crippen LogP contribution in [0.25, 0.3) is 21.2 Å². The van der Waals surface area contributed by atoms with Crippen LogP contribution in [0.3, 0.4) is 0 Å². The van der Waals surface area contributed by atoms with Gasteiger partial charge in [0.2, 0.25) is 0 Å². The van der Waals surface area contributed by atoms with Gasteiger partial charge in [0.25, 0.3) is 0 Å². The van der Waals surface area contributed by atoms with Crippen LogP contribution in [0, 0.1) is 41.5 Å². The summed E-state index contributed by atoms with van der Waals surface area (Å²) in [7, 11) is 2.86. The number of benzene rings is 2. The van der Waals surface area contributed by atoms with E-state index in [0.29, 0.717) is 0 Å². The van der Waals surface area contributed by atoms with E-state index in [-0.39, 0.29) is 26.4 Å². The first-order valence-electron chi connectivity index (χ1n) is 8.72. The average Bonchev–Trinajstić information content (AvgIpc) is 2.48. The van der Waals surface area contributed by atoms with Crippen molar-refractivity contribution in [2.45, 2.75) is 47.9 Å². The average molecular weight is 376 g/mol. The first-order valence-corrected chi connectivity index (χ1v) is 11.1. The van der Waals surface area contributed by atoms with E-state index in [0.717, 1.165) is 6.35 Å². The van der Waals surface area contributed by atoms with Gasteiger partial charge in [0.15, 0.2) is 0 Å². The fourth-order valence-corrected chi connectivity index (χ4v) is 8.88. The molecule has 0 saturated carbocycles. The molecular weight excluding hydrogens is 349 g/mol. The molecule has 0 aliphatic carbocycles. The molecule has 132 valence electrons. The van der Waals surface area contributed by atoms with Crippen LogP contribution >= 0.6 is 15.7 Å². The first kappa shape index (κ1) is 21.6. The number of hydrogen-bond donors (Lipinski definition) is 0. The molecule has 0 radical (unpaired) electrons. The minimum atomic E-state index is -0.363. The summed E-state index contributed by atoms with van der Waals surface area (Å²) in [5.74, 6) is 0. The molecule has 0 N–H and O–H groups in total. The van der Waals surface area contributed by atoms with Crippen LogP contribution in [0.2, 0.25) is 0 Å². The zero-order valence-electron chi connectivity index (χ0n) is 17.3. The predicted molar refractivity (Wildman–Crippen MR) is 114 cm³/mol. The van der Waals surface area contributed by atoms with E-state index >= 15 is 0 Å². The maximum atomic E-state index is 5.64. The molecule has 0 amide bonds. The van der Waals surface area contributed by atoms with Crippen LogP contribution in [-0.4, -0.2) is 7.11 Å². The monoisotopic (exact) mass is 376 g/mol. The van der Waals surface area contributed by atoms with Gasteiger partial charge < -0.3 is 4.74 Å². The van der Waals surface area contributed by atoms with Crippen molar-refractivity contribution in [2.75, 3.05) is 7.11 Å². The Morgan fingerprint density at radius 3 is 1.77 bits per heavy atom. The summed E-state index contributed by atoms with van der Waals surface area (Å²) in [6.45, 7) is 13.4. The van der Waals surface area contributed by atoms with Crippen LogP contribution < -0.4 is 18.9 Å². The zero-order valence-corrected chi connectivity index (χ0v) is 19.1. The standard InChI is InChI=1S/C22H27OP2.Li/c1-13-8-15(3)19(16(4)9-13)21-24-22(25(21)12-23-7)20-17(5)10-14(2)11-18(20)6;/h8-11H,12H2,1-7H3;/q-1;+1. The molecule has 3 aromatic rings. The molecule has 0 unspecified atom stereocenters. The maximum Gasteiger partial charge on any atom is 1.00 e. The summed E-state index contributed by atoms with van der Waals surface area (Å²) in [5, 5.41) is 3.17. The molecule has 0 saturated heterocycles. The van der Waals surface area contributed by atoms with Gasteiger partial charge in [-0.2, -0.15) is 0 Å². The second-order valence-corrected chi connectivity index (χ2v) is 11.0. The Hall–Kier alpha value is -0.663. The minimum absolute atomic E-state index is 0. The van der Waals surface area contributed by atoms with Crippen LogP contribution in [0.1, 0.15) is 33.4 Å². The summed E-state index contributed by atoms with van der Waals surface area (Å²) in [4.78, 5) is 0. The molecule has 0 aliphatic heterocycles. The maximum absolute atomic E-state index is 5.64. The fourth-order valence-electron chi connectivity index (χ4n) is 3.98. The molecule has 4 heteroatoms. The van der Waals surface area contributed by atoms with E-state index in [9.17, 15) is 0 Å². The van der Waals surface area contributed by atoms with E-state index in [1.165, 1.54) is 52.7 Å². The van der Waals surface area contributed by atoms with Gasteiger partial charge in [0.05, 0.1) is 6.35 Å². The van der Waals surface area contributed by atoms with Crippen molar-refractivity contribution >= 4 is 15.7 Å². The Bertz CT molecular complexity index is 817. The van der Waals surface area contributed by atoms with Crippen molar-refractivity contribution in [3.8, 4) is 21.2 Å². The fraction of sp³-hybridized carbons (Fsp3) is 0.364. The van der Waals surface area contributed by atoms with Crippen molar-refractivity contribution < 1.29 is 23.6 Å². The van der Waals surface area contributed by atoms with Gasteiger partial charge in [0, 0.05) is 7.11 Å². The zero-order chi connectivity index (χ0) is 18.3. The second-order valence-electron chi connectivity index (χ2n) is 7.15. The summed E-state index contributed by atoms with van der Waals surface area (Å²) in [5.41, 5.74) is 11.3. The van der Waals surface area contributed by atoms with Gasteiger partial charge in [-0.3, -0.25) is 0 Å². The van der Waals surface area contributed by atoms with Crippen LogP contribution in [0.15, 0.2) is 24.3 Å². The molecule has 2 aromatic carbocycles. The van der Waals surface area contributed by atoms with E-state index in [1.807, 2.05) is 7.11 Å². The third-order valence-electron chi connectivity index (χ3n) is 4.78. The Balaban J connectivity index is 0.00000243. The number of aryl methyl sites for hydroxylation is 6. The van der Waals surface area contributed by atoms with Gasteiger partial charge >= 0.3 is 18.9 Å². The number of ether oxygens (including phenoxy) is 1. The molecule has 0 spiro atoms. The van der Waals surface area contributed by atoms with Gasteiger partial charge in [-0.15, -0.1) is 32.4 Å². The van der Waals surface area contributed by atoms with Crippen LogP contribution in [-0.2, 0) is 11.1 Å². The molecule has 0 atom stereocenters. The van der Waals surface area contributed by atoms with Crippen molar-refractivity contribution in [1.29, 1.82) is 0 Å². The quantitative estimate of drug-likeness (QED) is 0.471. The van der Waals surface area contributed by atoms with Gasteiger partial charge in [-0.05, 0) is 54.4 Å². The topological polar surface area (TPSA) is 9.23 Å². The molecule has 0 aliphatic rings. The van der Waals surface area contributed by atoms with E-state index in [4.69, 9.17) is 4.74 Å². The molecule has 0 bridgehead atoms. The van der Waals surface area contributed by atoms with E-state index in [1.54, 1.807) is 10.1 Å². The van der Waals surface area contributed by atoms with Crippen molar-refractivity contribution in [3.05, 3.63) is 57.6 Å². The summed E-state index contributed by atoms with van der Waals surface area (Å²) in [6.07, 6.45) is 0.826. The Labute approximate surface area is 172 Å². The largest absolute Gasteiger partial charge is 1.00 e. The Morgan fingerprint density at radius 2 is 1.31 bits per heavy atom. The number of rotatable bonds is 4. The molecular formula is C22H27LiOP2. The minimum Gasteiger partial charge on any atom is -0.377 e. The molecule has 3 rings (SSSR count). The molecule has 1 nitrogen and oxygen atoms in total. The van der Waals surface area contributed by atoms with Crippen LogP contribution in [0.5, 0.6) is 0 Å². The Kier molecular flexibility index (Phi) is 7.13. The van der Waals surface area contributed by atoms with Gasteiger partial charge in [-0.1, -0.05) is 49.2 Å².